The van der Waals surface area contributed by atoms with Crippen molar-refractivity contribution in [3.8, 4) is 0 Å². The van der Waals surface area contributed by atoms with E-state index in [4.69, 9.17) is 4.42 Å². The number of rotatable bonds is 5. The molecule has 0 aliphatic rings. The molecular formula is C24H18N2O2. The van der Waals surface area contributed by atoms with Crippen LogP contribution in [0.15, 0.2) is 106 Å². The summed E-state index contributed by atoms with van der Waals surface area (Å²) in [5.74, 6) is 0.456. The Hall–Kier alpha value is -3.79. The van der Waals surface area contributed by atoms with Crippen molar-refractivity contribution in [3.05, 3.63) is 108 Å². The van der Waals surface area contributed by atoms with E-state index in [-0.39, 0.29) is 5.78 Å². The molecule has 4 rings (SSSR count). The molecule has 4 nitrogen and oxygen atoms in total. The highest BCUT2D eigenvalue weighted by Crippen LogP contribution is 2.19. The summed E-state index contributed by atoms with van der Waals surface area (Å²) in [7, 11) is 0. The molecule has 3 aromatic carbocycles. The Balaban J connectivity index is 1.74. The van der Waals surface area contributed by atoms with Crippen LogP contribution < -0.4 is 0 Å². The number of nitrogens with zero attached hydrogens (tertiary/aromatic N) is 2. The summed E-state index contributed by atoms with van der Waals surface area (Å²) in [4.78, 5) is 13.0. The Labute approximate surface area is 162 Å². The zero-order chi connectivity index (χ0) is 19.3. The van der Waals surface area contributed by atoms with E-state index < -0.39 is 0 Å². The van der Waals surface area contributed by atoms with Gasteiger partial charge in [0, 0.05) is 16.5 Å². The lowest BCUT2D eigenvalue weighted by Crippen LogP contribution is -2.15. The van der Waals surface area contributed by atoms with Gasteiger partial charge in [-0.3, -0.25) is 4.79 Å². The van der Waals surface area contributed by atoms with Crippen LogP contribution in [0, 0.1) is 0 Å². The molecule has 4 aromatic rings. The van der Waals surface area contributed by atoms with Gasteiger partial charge in [0.15, 0.2) is 5.76 Å². The first kappa shape index (κ1) is 17.6. The maximum Gasteiger partial charge on any atom is 0.213 e. The van der Waals surface area contributed by atoms with E-state index in [9.17, 15) is 4.79 Å². The minimum absolute atomic E-state index is 0.173. The van der Waals surface area contributed by atoms with Crippen LogP contribution in [-0.4, -0.2) is 17.2 Å². The van der Waals surface area contributed by atoms with Crippen LogP contribution in [-0.2, 0) is 0 Å². The van der Waals surface area contributed by atoms with Crippen LogP contribution in [0.1, 0.15) is 28.6 Å². The second-order valence-corrected chi connectivity index (χ2v) is 6.34. The Morgan fingerprint density at radius 1 is 0.750 bits per heavy atom. The molecule has 0 aliphatic carbocycles. The van der Waals surface area contributed by atoms with E-state index in [1.54, 1.807) is 12.1 Å². The molecule has 0 aliphatic heterocycles. The summed E-state index contributed by atoms with van der Waals surface area (Å²) < 4.78 is 5.83. The van der Waals surface area contributed by atoms with Crippen molar-refractivity contribution in [2.75, 3.05) is 0 Å². The molecule has 0 amide bonds. The molecule has 0 radical (unpaired) electrons. The predicted octanol–water partition coefficient (Wildman–Crippen LogP) is 5.53. The maximum absolute atomic E-state index is 13.0. The van der Waals surface area contributed by atoms with Crippen molar-refractivity contribution in [2.24, 2.45) is 10.2 Å². The first-order valence-electron chi connectivity index (χ1n) is 8.99. The number of Topliss-reactive ketones (excluding diaryl/α,β-unsaturated/α-hetero) is 1. The van der Waals surface area contributed by atoms with Crippen molar-refractivity contribution in [2.45, 2.75) is 6.92 Å². The molecule has 0 N–H and O–H groups in total. The lowest BCUT2D eigenvalue weighted by atomic mass is 10.0. The molecule has 0 atom stereocenters. The fourth-order valence-electron chi connectivity index (χ4n) is 2.89. The van der Waals surface area contributed by atoms with Gasteiger partial charge in [0.2, 0.25) is 5.78 Å². The lowest BCUT2D eigenvalue weighted by molar-refractivity contribution is 0.106. The van der Waals surface area contributed by atoms with Crippen LogP contribution in [0.25, 0.3) is 11.0 Å². The van der Waals surface area contributed by atoms with E-state index in [0.717, 1.165) is 16.5 Å². The Morgan fingerprint density at radius 2 is 1.36 bits per heavy atom. The summed E-state index contributed by atoms with van der Waals surface area (Å²) in [6.07, 6.45) is 0. The quantitative estimate of drug-likeness (QED) is 0.265. The summed E-state index contributed by atoms with van der Waals surface area (Å²) in [6.45, 7) is 1.82. The molecule has 0 fully saturated rings. The van der Waals surface area contributed by atoms with E-state index in [1.165, 1.54) is 0 Å². The molecular weight excluding hydrogens is 348 g/mol. The van der Waals surface area contributed by atoms with Crippen molar-refractivity contribution in [3.63, 3.8) is 0 Å². The number of para-hydroxylation sites is 1. The third-order valence-electron chi connectivity index (χ3n) is 4.38. The summed E-state index contributed by atoms with van der Waals surface area (Å²) >= 11 is 0. The topological polar surface area (TPSA) is 54.9 Å². The minimum atomic E-state index is -0.173. The predicted molar refractivity (Wildman–Crippen MR) is 112 cm³/mol. The average Bonchev–Trinajstić information content (AvgIpc) is 3.19. The highest BCUT2D eigenvalue weighted by Gasteiger charge is 2.16. The number of hydrogen-bond donors (Lipinski definition) is 0. The van der Waals surface area contributed by atoms with Gasteiger partial charge in [0.1, 0.15) is 17.0 Å². The number of fused-ring (bicyclic) bond motifs is 1. The van der Waals surface area contributed by atoms with Gasteiger partial charge < -0.3 is 4.42 Å². The molecule has 0 saturated heterocycles. The first-order chi connectivity index (χ1) is 13.7. The van der Waals surface area contributed by atoms with Crippen molar-refractivity contribution >= 4 is 28.2 Å². The Kier molecular flexibility index (Phi) is 4.93. The van der Waals surface area contributed by atoms with Gasteiger partial charge in [-0.15, -0.1) is 5.10 Å². The minimum Gasteiger partial charge on any atom is -0.455 e. The Bertz CT molecular complexity index is 1140. The highest BCUT2D eigenvalue weighted by molar-refractivity contribution is 6.51. The fourth-order valence-corrected chi connectivity index (χ4v) is 2.89. The van der Waals surface area contributed by atoms with Crippen LogP contribution in [0.4, 0.5) is 0 Å². The zero-order valence-corrected chi connectivity index (χ0v) is 15.4. The average molecular weight is 366 g/mol. The SMILES string of the molecule is C/C(=N/N=C(\C(=O)c1ccccc1)c1ccccc1)c1cc2ccccc2o1. The molecule has 1 aromatic heterocycles. The van der Waals surface area contributed by atoms with E-state index >= 15 is 0 Å². The van der Waals surface area contributed by atoms with Crippen LogP contribution in [0.5, 0.6) is 0 Å². The van der Waals surface area contributed by atoms with Gasteiger partial charge in [-0.05, 0) is 19.1 Å². The number of carbonyl (C=O) groups is 1. The van der Waals surface area contributed by atoms with Gasteiger partial charge in [0.05, 0.1) is 0 Å². The number of ketones is 1. The molecule has 4 heteroatoms. The monoisotopic (exact) mass is 366 g/mol. The summed E-state index contributed by atoms with van der Waals surface area (Å²) in [6, 6.07) is 28.1. The normalized spacial score (nSPS) is 12.3. The van der Waals surface area contributed by atoms with Gasteiger partial charge in [-0.2, -0.15) is 5.10 Å². The zero-order valence-electron chi connectivity index (χ0n) is 15.4. The molecule has 136 valence electrons. The molecule has 1 heterocycles. The van der Waals surface area contributed by atoms with Gasteiger partial charge >= 0.3 is 0 Å². The van der Waals surface area contributed by atoms with Crippen molar-refractivity contribution in [1.29, 1.82) is 0 Å². The number of furan rings is 1. The second kappa shape index (κ2) is 7.84. The third-order valence-corrected chi connectivity index (χ3v) is 4.38. The van der Waals surface area contributed by atoms with Crippen LogP contribution in [0.3, 0.4) is 0 Å². The number of carbonyl (C=O) groups excluding carboxylic acids is 1. The van der Waals surface area contributed by atoms with E-state index in [0.29, 0.717) is 22.7 Å². The highest BCUT2D eigenvalue weighted by atomic mass is 16.3. The Morgan fingerprint density at radius 3 is 2.04 bits per heavy atom. The lowest BCUT2D eigenvalue weighted by Gasteiger charge is -2.05. The van der Waals surface area contributed by atoms with Gasteiger partial charge in [-0.1, -0.05) is 78.9 Å². The summed E-state index contributed by atoms with van der Waals surface area (Å²) in [5.41, 5.74) is 2.98. The second-order valence-electron chi connectivity index (χ2n) is 6.34. The molecule has 0 saturated carbocycles. The van der Waals surface area contributed by atoms with Crippen molar-refractivity contribution < 1.29 is 9.21 Å². The van der Waals surface area contributed by atoms with Crippen LogP contribution in [0.2, 0.25) is 0 Å². The smallest absolute Gasteiger partial charge is 0.213 e. The standard InChI is InChI=1S/C24H18N2O2/c1-17(22-16-20-14-8-9-15-21(20)28-22)25-26-23(18-10-4-2-5-11-18)24(27)19-12-6-3-7-13-19/h2-16H,1H3/b25-17-,26-23-. The summed E-state index contributed by atoms with van der Waals surface area (Å²) in [5, 5.41) is 9.61. The molecule has 0 spiro atoms. The molecule has 28 heavy (non-hydrogen) atoms. The molecule has 0 unspecified atom stereocenters. The number of benzene rings is 3. The number of hydrogen-bond acceptors (Lipinski definition) is 4. The van der Waals surface area contributed by atoms with Crippen LogP contribution >= 0.6 is 0 Å². The van der Waals surface area contributed by atoms with Gasteiger partial charge in [-0.25, -0.2) is 0 Å². The fraction of sp³-hybridized carbons (Fsp3) is 0.0417. The largest absolute Gasteiger partial charge is 0.455 e. The van der Waals surface area contributed by atoms with Gasteiger partial charge in [0.25, 0.3) is 0 Å². The first-order valence-corrected chi connectivity index (χ1v) is 8.99. The third kappa shape index (κ3) is 3.67. The maximum atomic E-state index is 13.0. The van der Waals surface area contributed by atoms with E-state index in [1.807, 2.05) is 85.8 Å². The molecule has 0 bridgehead atoms. The van der Waals surface area contributed by atoms with Crippen molar-refractivity contribution in [1.82, 2.24) is 0 Å². The van der Waals surface area contributed by atoms with E-state index in [2.05, 4.69) is 10.2 Å².